The quantitative estimate of drug-likeness (QED) is 0.709. The molecule has 0 amide bonds. The molecule has 1 heterocycles. The summed E-state index contributed by atoms with van der Waals surface area (Å²) >= 11 is 0. The minimum atomic E-state index is -3.76. The Bertz CT molecular complexity index is 1080. The first-order chi connectivity index (χ1) is 13.1. The van der Waals surface area contributed by atoms with Gasteiger partial charge in [0.1, 0.15) is 23.8 Å². The smallest absolute Gasteiger partial charge is 0.261 e. The van der Waals surface area contributed by atoms with E-state index in [4.69, 9.17) is 9.47 Å². The first-order valence-electron chi connectivity index (χ1n) is 8.34. The first-order valence-corrected chi connectivity index (χ1v) is 9.83. The summed E-state index contributed by atoms with van der Waals surface area (Å²) in [7, 11) is -2.23. The van der Waals surface area contributed by atoms with Crippen LogP contribution in [-0.2, 0) is 16.6 Å². The molecule has 1 aliphatic rings. The number of hydrogen-bond donors (Lipinski definition) is 2. The van der Waals surface area contributed by atoms with Crippen LogP contribution in [0.5, 0.6) is 11.5 Å². The maximum atomic E-state index is 12.8. The van der Waals surface area contributed by atoms with Crippen LogP contribution >= 0.6 is 0 Å². The van der Waals surface area contributed by atoms with Crippen LogP contribution < -0.4 is 19.5 Å². The standard InChI is InChI=1S/C20H18N2O4S/c1-25-15-9-11-16(12-10-15)27(23,24)22-18-7-4-8-19-20(18)21-17-6-3-2-5-14(17)13-26-19/h2-12,21-22H,13H2,1H3. The summed E-state index contributed by atoms with van der Waals surface area (Å²) in [6.45, 7) is 0.408. The number of hydrogen-bond acceptors (Lipinski definition) is 5. The summed E-state index contributed by atoms with van der Waals surface area (Å²) in [5, 5.41) is 3.29. The highest BCUT2D eigenvalue weighted by molar-refractivity contribution is 7.92. The zero-order valence-electron chi connectivity index (χ0n) is 14.6. The lowest BCUT2D eigenvalue weighted by Crippen LogP contribution is -2.14. The van der Waals surface area contributed by atoms with Crippen LogP contribution in [-0.4, -0.2) is 15.5 Å². The second-order valence-electron chi connectivity index (χ2n) is 6.03. The molecule has 0 bridgehead atoms. The lowest BCUT2D eigenvalue weighted by atomic mass is 10.2. The van der Waals surface area contributed by atoms with Crippen LogP contribution in [0.4, 0.5) is 17.1 Å². The molecule has 27 heavy (non-hydrogen) atoms. The second kappa shape index (κ2) is 6.85. The first kappa shape index (κ1) is 17.2. The SMILES string of the molecule is COc1ccc(S(=O)(=O)Nc2cccc3c2Nc2ccccc2CO3)cc1. The van der Waals surface area contributed by atoms with E-state index in [-0.39, 0.29) is 4.90 Å². The largest absolute Gasteiger partial charge is 0.497 e. The van der Waals surface area contributed by atoms with Crippen molar-refractivity contribution in [3.63, 3.8) is 0 Å². The van der Waals surface area contributed by atoms with Gasteiger partial charge >= 0.3 is 0 Å². The summed E-state index contributed by atoms with van der Waals surface area (Å²) in [6, 6.07) is 19.2. The Kier molecular flexibility index (Phi) is 4.37. The van der Waals surface area contributed by atoms with Crippen molar-refractivity contribution in [1.29, 1.82) is 0 Å². The molecule has 7 heteroatoms. The average Bonchev–Trinajstić information content (AvgIpc) is 2.88. The van der Waals surface area contributed by atoms with Crippen LogP contribution in [0.15, 0.2) is 71.6 Å². The molecule has 1 aliphatic heterocycles. The maximum absolute atomic E-state index is 12.8. The van der Waals surface area contributed by atoms with E-state index in [2.05, 4.69) is 10.0 Å². The number of fused-ring (bicyclic) bond motifs is 2. The van der Waals surface area contributed by atoms with E-state index in [0.29, 0.717) is 29.5 Å². The highest BCUT2D eigenvalue weighted by Crippen LogP contribution is 2.39. The summed E-state index contributed by atoms with van der Waals surface area (Å²) in [4.78, 5) is 0.149. The average molecular weight is 382 g/mol. The molecule has 3 aromatic rings. The molecule has 138 valence electrons. The third-order valence-electron chi connectivity index (χ3n) is 4.30. The molecule has 0 saturated heterocycles. The molecule has 0 unspecified atom stereocenters. The summed E-state index contributed by atoms with van der Waals surface area (Å²) in [5.41, 5.74) is 2.88. The Hall–Kier alpha value is -3.19. The molecule has 0 radical (unpaired) electrons. The van der Waals surface area contributed by atoms with E-state index in [1.54, 1.807) is 30.3 Å². The van der Waals surface area contributed by atoms with Crippen molar-refractivity contribution >= 4 is 27.1 Å². The van der Waals surface area contributed by atoms with Crippen molar-refractivity contribution in [1.82, 2.24) is 0 Å². The van der Waals surface area contributed by atoms with Crippen LogP contribution in [0.3, 0.4) is 0 Å². The number of sulfonamides is 1. The Labute approximate surface area is 157 Å². The highest BCUT2D eigenvalue weighted by Gasteiger charge is 2.21. The van der Waals surface area contributed by atoms with E-state index in [0.717, 1.165) is 11.3 Å². The van der Waals surface area contributed by atoms with E-state index in [9.17, 15) is 8.42 Å². The number of rotatable bonds is 4. The van der Waals surface area contributed by atoms with Crippen molar-refractivity contribution in [2.75, 3.05) is 17.1 Å². The van der Waals surface area contributed by atoms with Gasteiger partial charge in [-0.2, -0.15) is 0 Å². The molecule has 4 rings (SSSR count). The number of benzene rings is 3. The normalized spacial score (nSPS) is 12.6. The Balaban J connectivity index is 1.69. The summed E-state index contributed by atoms with van der Waals surface area (Å²) < 4.78 is 39.2. The van der Waals surface area contributed by atoms with Gasteiger partial charge in [-0.1, -0.05) is 24.3 Å². The van der Waals surface area contributed by atoms with Crippen molar-refractivity contribution in [2.45, 2.75) is 11.5 Å². The van der Waals surface area contributed by atoms with Gasteiger partial charge in [0, 0.05) is 11.3 Å². The van der Waals surface area contributed by atoms with Crippen molar-refractivity contribution in [3.8, 4) is 11.5 Å². The van der Waals surface area contributed by atoms with Gasteiger partial charge in [0.15, 0.2) is 0 Å². The molecule has 0 fully saturated rings. The molecule has 0 atom stereocenters. The van der Waals surface area contributed by atoms with Crippen molar-refractivity contribution in [3.05, 3.63) is 72.3 Å². The van der Waals surface area contributed by atoms with Crippen LogP contribution in [0, 0.1) is 0 Å². The predicted octanol–water partition coefficient (Wildman–Crippen LogP) is 4.13. The van der Waals surface area contributed by atoms with Crippen molar-refractivity contribution in [2.24, 2.45) is 0 Å². The molecular formula is C20H18N2O4S. The zero-order chi connectivity index (χ0) is 18.9. The Morgan fingerprint density at radius 3 is 2.56 bits per heavy atom. The topological polar surface area (TPSA) is 76.7 Å². The predicted molar refractivity (Wildman–Crippen MR) is 104 cm³/mol. The third-order valence-corrected chi connectivity index (χ3v) is 5.68. The molecule has 0 saturated carbocycles. The van der Waals surface area contributed by atoms with Crippen LogP contribution in [0.25, 0.3) is 0 Å². The van der Waals surface area contributed by atoms with E-state index >= 15 is 0 Å². The highest BCUT2D eigenvalue weighted by atomic mass is 32.2. The van der Waals surface area contributed by atoms with Crippen LogP contribution in [0.1, 0.15) is 5.56 Å². The fourth-order valence-corrected chi connectivity index (χ4v) is 3.95. The number of para-hydroxylation sites is 2. The van der Waals surface area contributed by atoms with Gasteiger partial charge in [-0.25, -0.2) is 8.42 Å². The number of nitrogens with one attached hydrogen (secondary N) is 2. The fourth-order valence-electron chi connectivity index (χ4n) is 2.88. The third kappa shape index (κ3) is 3.41. The fraction of sp³-hybridized carbons (Fsp3) is 0.100. The summed E-state index contributed by atoms with van der Waals surface area (Å²) in [6.07, 6.45) is 0. The van der Waals surface area contributed by atoms with Gasteiger partial charge in [-0.15, -0.1) is 0 Å². The van der Waals surface area contributed by atoms with E-state index in [1.807, 2.05) is 24.3 Å². The molecule has 6 nitrogen and oxygen atoms in total. The van der Waals surface area contributed by atoms with E-state index < -0.39 is 10.0 Å². The van der Waals surface area contributed by atoms with Gasteiger partial charge in [-0.05, 0) is 42.5 Å². The van der Waals surface area contributed by atoms with Crippen LogP contribution in [0.2, 0.25) is 0 Å². The molecule has 3 aromatic carbocycles. The van der Waals surface area contributed by atoms with Crippen molar-refractivity contribution < 1.29 is 17.9 Å². The van der Waals surface area contributed by atoms with Gasteiger partial charge in [0.2, 0.25) is 0 Å². The lowest BCUT2D eigenvalue weighted by molar-refractivity contribution is 0.311. The maximum Gasteiger partial charge on any atom is 0.261 e. The number of anilines is 3. The van der Waals surface area contributed by atoms with Gasteiger partial charge in [0.25, 0.3) is 10.0 Å². The van der Waals surface area contributed by atoms with Gasteiger partial charge in [-0.3, -0.25) is 4.72 Å². The molecule has 2 N–H and O–H groups in total. The Morgan fingerprint density at radius 1 is 1.00 bits per heavy atom. The van der Waals surface area contributed by atoms with Gasteiger partial charge in [0.05, 0.1) is 17.7 Å². The van der Waals surface area contributed by atoms with E-state index in [1.165, 1.54) is 19.2 Å². The zero-order valence-corrected chi connectivity index (χ0v) is 15.4. The van der Waals surface area contributed by atoms with Gasteiger partial charge < -0.3 is 14.8 Å². The molecule has 0 spiro atoms. The molecule has 0 aliphatic carbocycles. The summed E-state index contributed by atoms with van der Waals surface area (Å²) in [5.74, 6) is 1.18. The minimum absolute atomic E-state index is 0.149. The molecular weight excluding hydrogens is 364 g/mol. The Morgan fingerprint density at radius 2 is 1.78 bits per heavy atom. The number of ether oxygens (including phenoxy) is 2. The minimum Gasteiger partial charge on any atom is -0.497 e. The monoisotopic (exact) mass is 382 g/mol. The second-order valence-corrected chi connectivity index (χ2v) is 7.71. The lowest BCUT2D eigenvalue weighted by Gasteiger charge is -2.15. The molecule has 0 aromatic heterocycles. The number of methoxy groups -OCH3 is 1.